The Morgan fingerprint density at radius 2 is 1.90 bits per heavy atom. The van der Waals surface area contributed by atoms with Gasteiger partial charge in [-0.25, -0.2) is 12.7 Å². The van der Waals surface area contributed by atoms with Crippen LogP contribution in [0.2, 0.25) is 0 Å². The Balaban J connectivity index is 1.38. The van der Waals surface area contributed by atoms with Gasteiger partial charge in [-0.3, -0.25) is 4.79 Å². The number of carbonyl (C=O) groups excluding carboxylic acids is 1. The molecule has 2 fully saturated rings. The topological polar surface area (TPSA) is 69.7 Å². The zero-order chi connectivity index (χ0) is 22.3. The lowest BCUT2D eigenvalue weighted by atomic mass is 9.97. The molecule has 1 aromatic rings. The summed E-state index contributed by atoms with van der Waals surface area (Å²) in [5.41, 5.74) is 1.88. The number of rotatable bonds is 9. The molecule has 6 nitrogen and oxygen atoms in total. The van der Waals surface area contributed by atoms with E-state index >= 15 is 0 Å². The molecule has 7 heteroatoms. The summed E-state index contributed by atoms with van der Waals surface area (Å²) in [6.45, 7) is 8.03. The van der Waals surface area contributed by atoms with E-state index in [2.05, 4.69) is 17.1 Å². The zero-order valence-corrected chi connectivity index (χ0v) is 20.0. The maximum Gasteiger partial charge on any atom is 0.223 e. The average Bonchev–Trinajstić information content (AvgIpc) is 2.76. The van der Waals surface area contributed by atoms with Crippen LogP contribution in [0, 0.1) is 12.8 Å². The fraction of sp³-hybridized carbons (Fsp3) is 0.708. The van der Waals surface area contributed by atoms with Gasteiger partial charge in [0.1, 0.15) is 0 Å². The first-order valence-electron chi connectivity index (χ1n) is 11.9. The summed E-state index contributed by atoms with van der Waals surface area (Å²) in [6.07, 6.45) is 7.31. The molecule has 1 atom stereocenters. The number of hydrogen-bond acceptors (Lipinski definition) is 4. The van der Waals surface area contributed by atoms with Crippen molar-refractivity contribution in [2.45, 2.75) is 70.6 Å². The molecule has 0 saturated carbocycles. The maximum atomic E-state index is 12.8. The van der Waals surface area contributed by atoms with Crippen molar-refractivity contribution in [3.63, 3.8) is 0 Å². The molecule has 0 radical (unpaired) electrons. The van der Waals surface area contributed by atoms with Gasteiger partial charge in [0.25, 0.3) is 0 Å². The summed E-state index contributed by atoms with van der Waals surface area (Å²) in [7, 11) is -3.35. The van der Waals surface area contributed by atoms with Gasteiger partial charge < -0.3 is 10.2 Å². The number of nitrogens with one attached hydrogen (secondary N) is 1. The lowest BCUT2D eigenvalue weighted by molar-refractivity contribution is -0.126. The summed E-state index contributed by atoms with van der Waals surface area (Å²) in [4.78, 5) is 15.1. The highest BCUT2D eigenvalue weighted by Gasteiger charge is 2.31. The third kappa shape index (κ3) is 7.02. The highest BCUT2D eigenvalue weighted by molar-refractivity contribution is 7.88. The largest absolute Gasteiger partial charge is 0.356 e. The SMILES string of the molecule is CCC1CCCCN1CCCNC(=O)C1CCN(S(=O)(=O)Cc2cccc(C)c2)CC1. The summed E-state index contributed by atoms with van der Waals surface area (Å²) in [6, 6.07) is 8.34. The number of carbonyl (C=O) groups is 1. The van der Waals surface area contributed by atoms with Gasteiger partial charge in [0.15, 0.2) is 0 Å². The summed E-state index contributed by atoms with van der Waals surface area (Å²) >= 11 is 0. The first-order chi connectivity index (χ1) is 14.9. The molecule has 1 aromatic carbocycles. The van der Waals surface area contributed by atoms with Gasteiger partial charge in [-0.2, -0.15) is 0 Å². The molecule has 0 bridgehead atoms. The summed E-state index contributed by atoms with van der Waals surface area (Å²) in [5, 5.41) is 3.09. The molecular formula is C24H39N3O3S. The monoisotopic (exact) mass is 449 g/mol. The second-order valence-corrected chi connectivity index (χ2v) is 11.1. The number of nitrogens with zero attached hydrogens (tertiary/aromatic N) is 2. The van der Waals surface area contributed by atoms with Crippen LogP contribution in [0.15, 0.2) is 24.3 Å². The number of aryl methyl sites for hydroxylation is 1. The number of amides is 1. The number of sulfonamides is 1. The Hall–Kier alpha value is -1.44. The molecular weight excluding hydrogens is 410 g/mol. The van der Waals surface area contributed by atoms with Crippen LogP contribution in [0.25, 0.3) is 0 Å². The van der Waals surface area contributed by atoms with Crippen LogP contribution in [0.4, 0.5) is 0 Å². The van der Waals surface area contributed by atoms with Crippen LogP contribution in [-0.2, 0) is 20.6 Å². The highest BCUT2D eigenvalue weighted by Crippen LogP contribution is 2.22. The number of hydrogen-bond donors (Lipinski definition) is 1. The molecule has 1 N–H and O–H groups in total. The highest BCUT2D eigenvalue weighted by atomic mass is 32.2. The Labute approximate surface area is 188 Å². The average molecular weight is 450 g/mol. The smallest absolute Gasteiger partial charge is 0.223 e. The van der Waals surface area contributed by atoms with Gasteiger partial charge in [-0.05, 0) is 57.6 Å². The third-order valence-corrected chi connectivity index (χ3v) is 8.64. The van der Waals surface area contributed by atoms with Crippen molar-refractivity contribution in [2.24, 2.45) is 5.92 Å². The molecule has 1 unspecified atom stereocenters. The first kappa shape index (κ1) is 24.2. The van der Waals surface area contributed by atoms with Crippen LogP contribution in [-0.4, -0.2) is 62.3 Å². The van der Waals surface area contributed by atoms with Crippen molar-refractivity contribution < 1.29 is 13.2 Å². The second-order valence-electron chi connectivity index (χ2n) is 9.16. The molecule has 1 amide bonds. The van der Waals surface area contributed by atoms with Crippen molar-refractivity contribution in [2.75, 3.05) is 32.7 Å². The fourth-order valence-electron chi connectivity index (χ4n) is 4.95. The lowest BCUT2D eigenvalue weighted by Gasteiger charge is -2.35. The molecule has 2 heterocycles. The molecule has 3 rings (SSSR count). The molecule has 0 spiro atoms. The molecule has 2 saturated heterocycles. The van der Waals surface area contributed by atoms with E-state index < -0.39 is 10.0 Å². The van der Waals surface area contributed by atoms with Gasteiger partial charge in [0, 0.05) is 38.1 Å². The number of piperidine rings is 2. The minimum absolute atomic E-state index is 0.0286. The second kappa shape index (κ2) is 11.4. The standard InChI is InChI=1S/C24H39N3O3S/c1-3-23-10-4-5-14-26(23)15-7-13-25-24(28)22-11-16-27(17-12-22)31(29,30)19-21-9-6-8-20(2)18-21/h6,8-9,18,22-23H,3-5,7,10-17,19H2,1-2H3,(H,25,28). The van der Waals surface area contributed by atoms with Gasteiger partial charge >= 0.3 is 0 Å². The van der Waals surface area contributed by atoms with Crippen molar-refractivity contribution in [3.05, 3.63) is 35.4 Å². The normalized spacial score (nSPS) is 21.8. The molecule has 174 valence electrons. The number of likely N-dealkylation sites (tertiary alicyclic amines) is 1. The fourth-order valence-corrected chi connectivity index (χ4v) is 6.51. The maximum absolute atomic E-state index is 12.8. The van der Waals surface area contributed by atoms with Crippen LogP contribution in [0.3, 0.4) is 0 Å². The molecule has 31 heavy (non-hydrogen) atoms. The van der Waals surface area contributed by atoms with Crippen molar-refractivity contribution in [1.82, 2.24) is 14.5 Å². The third-order valence-electron chi connectivity index (χ3n) is 6.79. The van der Waals surface area contributed by atoms with Crippen LogP contribution in [0.5, 0.6) is 0 Å². The van der Waals surface area contributed by atoms with E-state index in [4.69, 9.17) is 0 Å². The van der Waals surface area contributed by atoms with Gasteiger partial charge in [-0.15, -0.1) is 0 Å². The van der Waals surface area contributed by atoms with Crippen molar-refractivity contribution in [3.8, 4) is 0 Å². The molecule has 0 aromatic heterocycles. The lowest BCUT2D eigenvalue weighted by Crippen LogP contribution is -2.44. The van der Waals surface area contributed by atoms with Crippen LogP contribution >= 0.6 is 0 Å². The predicted molar refractivity (Wildman–Crippen MR) is 125 cm³/mol. The van der Waals surface area contributed by atoms with E-state index in [9.17, 15) is 13.2 Å². The van der Waals surface area contributed by atoms with E-state index in [-0.39, 0.29) is 17.6 Å². The summed E-state index contributed by atoms with van der Waals surface area (Å²) in [5.74, 6) is 0.0334. The van der Waals surface area contributed by atoms with Crippen LogP contribution < -0.4 is 5.32 Å². The Morgan fingerprint density at radius 3 is 2.61 bits per heavy atom. The summed E-state index contributed by atoms with van der Waals surface area (Å²) < 4.78 is 27.1. The Kier molecular flexibility index (Phi) is 8.93. The van der Waals surface area contributed by atoms with E-state index in [1.807, 2.05) is 31.2 Å². The van der Waals surface area contributed by atoms with E-state index in [1.54, 1.807) is 4.31 Å². The predicted octanol–water partition coefficient (Wildman–Crippen LogP) is 3.31. The number of benzene rings is 1. The van der Waals surface area contributed by atoms with Gasteiger partial charge in [0.2, 0.25) is 15.9 Å². The van der Waals surface area contributed by atoms with Crippen LogP contribution in [0.1, 0.15) is 63.0 Å². The Morgan fingerprint density at radius 1 is 1.13 bits per heavy atom. The Bertz CT molecular complexity index is 819. The van der Waals surface area contributed by atoms with E-state index in [0.717, 1.165) is 24.1 Å². The van der Waals surface area contributed by atoms with Gasteiger partial charge in [0.05, 0.1) is 5.75 Å². The quantitative estimate of drug-likeness (QED) is 0.587. The minimum atomic E-state index is -3.35. The van der Waals surface area contributed by atoms with E-state index in [0.29, 0.717) is 38.5 Å². The first-order valence-corrected chi connectivity index (χ1v) is 13.5. The van der Waals surface area contributed by atoms with Crippen molar-refractivity contribution in [1.29, 1.82) is 0 Å². The zero-order valence-electron chi connectivity index (χ0n) is 19.2. The molecule has 2 aliphatic heterocycles. The molecule has 2 aliphatic rings. The van der Waals surface area contributed by atoms with E-state index in [1.165, 1.54) is 32.2 Å². The molecule has 0 aliphatic carbocycles. The van der Waals surface area contributed by atoms with Crippen molar-refractivity contribution >= 4 is 15.9 Å². The van der Waals surface area contributed by atoms with Gasteiger partial charge in [-0.1, -0.05) is 43.2 Å². The minimum Gasteiger partial charge on any atom is -0.356 e.